The first-order valence-corrected chi connectivity index (χ1v) is 14.2. The predicted octanol–water partition coefficient (Wildman–Crippen LogP) is 6.98. The van der Waals surface area contributed by atoms with Gasteiger partial charge in [-0.1, -0.05) is 57.5 Å². The van der Waals surface area contributed by atoms with Gasteiger partial charge in [0, 0.05) is 59.1 Å². The molecular weight excluding hydrogens is 524 g/mol. The molecule has 40 heavy (non-hydrogen) atoms. The van der Waals surface area contributed by atoms with Gasteiger partial charge < -0.3 is 15.0 Å². The number of ketones is 2. The number of aryl methyl sites for hydroxylation is 1. The topological polar surface area (TPSA) is 75.7 Å². The molecule has 5 rings (SSSR count). The summed E-state index contributed by atoms with van der Waals surface area (Å²) in [7, 11) is 2.00. The number of anilines is 1. The van der Waals surface area contributed by atoms with E-state index in [4.69, 9.17) is 16.3 Å². The van der Waals surface area contributed by atoms with Crippen molar-refractivity contribution in [3.05, 3.63) is 81.2 Å². The Morgan fingerprint density at radius 1 is 0.950 bits per heavy atom. The molecule has 1 aliphatic heterocycles. The second-order valence-electron chi connectivity index (χ2n) is 13.0. The minimum Gasteiger partial charge on any atom is -0.484 e. The smallest absolute Gasteiger partial charge is 0.262 e. The van der Waals surface area contributed by atoms with Gasteiger partial charge in [0.25, 0.3) is 5.91 Å². The van der Waals surface area contributed by atoms with E-state index in [1.807, 2.05) is 38.2 Å². The highest BCUT2D eigenvalue weighted by Crippen LogP contribution is 2.54. The van der Waals surface area contributed by atoms with Gasteiger partial charge in [-0.05, 0) is 66.0 Å². The number of benzene rings is 2. The maximum atomic E-state index is 13.7. The van der Waals surface area contributed by atoms with Gasteiger partial charge in [0.1, 0.15) is 5.75 Å². The number of carbonyl (C=O) groups is 3. The van der Waals surface area contributed by atoms with Crippen LogP contribution in [0.1, 0.15) is 70.4 Å². The van der Waals surface area contributed by atoms with Crippen molar-refractivity contribution in [1.82, 2.24) is 4.90 Å². The van der Waals surface area contributed by atoms with Crippen molar-refractivity contribution in [2.75, 3.05) is 19.0 Å². The highest BCUT2D eigenvalue weighted by molar-refractivity contribution is 6.31. The van der Waals surface area contributed by atoms with Crippen molar-refractivity contribution in [2.45, 2.75) is 66.2 Å². The number of halogens is 1. The Bertz CT molecular complexity index is 1430. The van der Waals surface area contributed by atoms with Crippen LogP contribution in [0.3, 0.4) is 0 Å². The summed E-state index contributed by atoms with van der Waals surface area (Å²) < 4.78 is 5.88. The number of amides is 1. The van der Waals surface area contributed by atoms with Crippen LogP contribution in [0.25, 0.3) is 0 Å². The summed E-state index contributed by atoms with van der Waals surface area (Å²) >= 11 is 6.18. The lowest BCUT2D eigenvalue weighted by Gasteiger charge is -2.47. The number of nitrogens with one attached hydrogen (secondary N) is 1. The number of ether oxygens (including phenoxy) is 1. The monoisotopic (exact) mass is 560 g/mol. The van der Waals surface area contributed by atoms with Gasteiger partial charge in [-0.2, -0.15) is 0 Å². The fourth-order valence-electron chi connectivity index (χ4n) is 6.30. The quantitative estimate of drug-likeness (QED) is 0.427. The lowest BCUT2D eigenvalue weighted by atomic mass is 9.64. The third-order valence-corrected chi connectivity index (χ3v) is 8.60. The lowest BCUT2D eigenvalue weighted by molar-refractivity contribution is -0.120. The minimum atomic E-state index is -0.444. The minimum absolute atomic E-state index is 0.0924. The molecule has 2 aromatic rings. The average Bonchev–Trinajstić information content (AvgIpc) is 2.85. The number of hydrogen-bond donors (Lipinski definition) is 1. The fraction of sp³-hybridized carbons (Fsp3) is 0.424. The van der Waals surface area contributed by atoms with E-state index in [0.717, 1.165) is 46.5 Å². The van der Waals surface area contributed by atoms with Gasteiger partial charge in [-0.25, -0.2) is 0 Å². The molecule has 1 heterocycles. The molecule has 3 aliphatic rings. The Morgan fingerprint density at radius 3 is 2.12 bits per heavy atom. The first-order valence-electron chi connectivity index (χ1n) is 13.8. The third-order valence-electron chi connectivity index (χ3n) is 8.20. The average molecular weight is 561 g/mol. The Kier molecular flexibility index (Phi) is 7.20. The van der Waals surface area contributed by atoms with E-state index >= 15 is 0 Å². The highest BCUT2D eigenvalue weighted by atomic mass is 35.5. The molecule has 210 valence electrons. The van der Waals surface area contributed by atoms with Gasteiger partial charge in [-0.15, -0.1) is 0 Å². The van der Waals surface area contributed by atoms with Crippen LogP contribution >= 0.6 is 11.6 Å². The Balaban J connectivity index is 1.46. The second-order valence-corrected chi connectivity index (χ2v) is 13.4. The molecule has 0 saturated carbocycles. The number of carbonyl (C=O) groups excluding carboxylic acids is 3. The van der Waals surface area contributed by atoms with Gasteiger partial charge in [0.05, 0.1) is 0 Å². The highest BCUT2D eigenvalue weighted by Gasteiger charge is 2.48. The predicted molar refractivity (Wildman–Crippen MR) is 157 cm³/mol. The van der Waals surface area contributed by atoms with E-state index in [2.05, 4.69) is 37.9 Å². The summed E-state index contributed by atoms with van der Waals surface area (Å²) in [4.78, 5) is 42.1. The number of Topliss-reactive ketones (excluding diaryl/α,β-unsaturated/α-hetero) is 2. The molecule has 1 amide bonds. The zero-order valence-electron chi connectivity index (χ0n) is 24.1. The Hall–Kier alpha value is -3.38. The number of hydrogen-bond acceptors (Lipinski definition) is 5. The lowest BCUT2D eigenvalue weighted by Crippen LogP contribution is -2.43. The molecule has 0 fully saturated rings. The van der Waals surface area contributed by atoms with Crippen molar-refractivity contribution in [1.29, 1.82) is 0 Å². The fourth-order valence-corrected chi connectivity index (χ4v) is 6.48. The van der Waals surface area contributed by atoms with Crippen LogP contribution in [0, 0.1) is 17.8 Å². The van der Waals surface area contributed by atoms with Crippen LogP contribution in [0.5, 0.6) is 5.75 Å². The van der Waals surface area contributed by atoms with Crippen molar-refractivity contribution in [3.8, 4) is 5.75 Å². The molecule has 0 radical (unpaired) electrons. The summed E-state index contributed by atoms with van der Waals surface area (Å²) in [6.07, 6.45) is 2.42. The summed E-state index contributed by atoms with van der Waals surface area (Å²) in [5, 5.41) is 3.38. The SMILES string of the molecule is Cc1ccc(NC(=O)COc2cccc(C3C4=C(CC(C)(C)CC4=O)N(C)C4=C3C(=O)CC(C)(C)C4)c2)cc1Cl. The molecule has 0 saturated heterocycles. The molecule has 2 aromatic carbocycles. The maximum Gasteiger partial charge on any atom is 0.262 e. The van der Waals surface area contributed by atoms with E-state index in [1.54, 1.807) is 18.2 Å². The van der Waals surface area contributed by atoms with Crippen molar-refractivity contribution in [3.63, 3.8) is 0 Å². The summed E-state index contributed by atoms with van der Waals surface area (Å²) in [5.41, 5.74) is 5.52. The van der Waals surface area contributed by atoms with E-state index in [9.17, 15) is 14.4 Å². The molecule has 0 spiro atoms. The van der Waals surface area contributed by atoms with Crippen LogP contribution in [-0.4, -0.2) is 36.0 Å². The van der Waals surface area contributed by atoms with E-state index in [1.165, 1.54) is 0 Å². The number of nitrogens with zero attached hydrogens (tertiary/aromatic N) is 1. The summed E-state index contributed by atoms with van der Waals surface area (Å²) in [6.45, 7) is 10.2. The molecule has 0 bridgehead atoms. The Labute approximate surface area is 241 Å². The van der Waals surface area contributed by atoms with Crippen LogP contribution in [0.2, 0.25) is 5.02 Å². The van der Waals surface area contributed by atoms with Crippen LogP contribution < -0.4 is 10.1 Å². The zero-order chi connectivity index (χ0) is 29.0. The molecule has 6 nitrogen and oxygen atoms in total. The van der Waals surface area contributed by atoms with Crippen molar-refractivity contribution < 1.29 is 19.1 Å². The molecule has 2 aliphatic carbocycles. The van der Waals surface area contributed by atoms with Crippen molar-refractivity contribution in [2.24, 2.45) is 10.8 Å². The first kappa shape index (κ1) is 28.2. The maximum absolute atomic E-state index is 13.7. The molecule has 0 atom stereocenters. The van der Waals surface area contributed by atoms with E-state index in [0.29, 0.717) is 29.3 Å². The van der Waals surface area contributed by atoms with Crippen LogP contribution in [0.15, 0.2) is 65.0 Å². The zero-order valence-corrected chi connectivity index (χ0v) is 24.9. The van der Waals surface area contributed by atoms with Gasteiger partial charge >= 0.3 is 0 Å². The van der Waals surface area contributed by atoms with E-state index < -0.39 is 5.92 Å². The normalized spacial score (nSPS) is 20.3. The largest absolute Gasteiger partial charge is 0.484 e. The van der Waals surface area contributed by atoms with Gasteiger partial charge in [0.2, 0.25) is 0 Å². The van der Waals surface area contributed by atoms with Crippen LogP contribution in [-0.2, 0) is 14.4 Å². The summed E-state index contributed by atoms with van der Waals surface area (Å²) in [6, 6.07) is 12.8. The third kappa shape index (κ3) is 5.46. The number of rotatable bonds is 5. The molecule has 7 heteroatoms. The number of allylic oxidation sites excluding steroid dienone is 4. The van der Waals surface area contributed by atoms with Gasteiger partial charge in [0.15, 0.2) is 18.2 Å². The summed E-state index contributed by atoms with van der Waals surface area (Å²) in [5.74, 6) is -0.0658. The molecular formula is C33H37ClN2O4. The first-order chi connectivity index (χ1) is 18.7. The van der Waals surface area contributed by atoms with Crippen LogP contribution in [0.4, 0.5) is 5.69 Å². The molecule has 0 aromatic heterocycles. The second kappa shape index (κ2) is 10.2. The van der Waals surface area contributed by atoms with Gasteiger partial charge in [-0.3, -0.25) is 14.4 Å². The Morgan fingerprint density at radius 2 is 1.55 bits per heavy atom. The van der Waals surface area contributed by atoms with Crippen molar-refractivity contribution >= 4 is 34.8 Å². The van der Waals surface area contributed by atoms with E-state index in [-0.39, 0.29) is 34.9 Å². The molecule has 0 unspecified atom stereocenters. The standard InChI is InChI=1S/C33H37ClN2O4/c1-19-10-11-21(13-23(19)34)35-28(39)18-40-22-9-7-8-20(12-22)29-30-24(14-32(2,3)16-26(30)37)36(6)25-15-33(4,5)17-27(38)31(25)29/h7-13,29H,14-18H2,1-6H3,(H,35,39). The molecule has 1 N–H and O–H groups in total.